The zero-order chi connectivity index (χ0) is 11.3. The van der Waals surface area contributed by atoms with Crippen molar-refractivity contribution < 1.29 is 0 Å². The van der Waals surface area contributed by atoms with Gasteiger partial charge in [0.1, 0.15) is 5.82 Å². The quantitative estimate of drug-likeness (QED) is 0.713. The predicted molar refractivity (Wildman–Crippen MR) is 66.8 cm³/mol. The van der Waals surface area contributed by atoms with Crippen LogP contribution in [0.2, 0.25) is 0 Å². The summed E-state index contributed by atoms with van der Waals surface area (Å²) in [6.07, 6.45) is 3.64. The number of nitrogens with one attached hydrogen (secondary N) is 2. The van der Waals surface area contributed by atoms with E-state index in [4.69, 9.17) is 0 Å². The van der Waals surface area contributed by atoms with Crippen LogP contribution in [0, 0.1) is 6.92 Å². The largest absolute Gasteiger partial charge is 0.342 e. The van der Waals surface area contributed by atoms with Crippen molar-refractivity contribution in [2.24, 2.45) is 4.99 Å². The molecular weight excluding hydrogens is 186 g/mol. The molecular formula is C12H19N3. The van der Waals surface area contributed by atoms with E-state index in [0.717, 1.165) is 24.5 Å². The number of hydrogen-bond acceptors (Lipinski definition) is 2. The minimum Gasteiger partial charge on any atom is -0.342 e. The van der Waals surface area contributed by atoms with Crippen molar-refractivity contribution in [3.63, 3.8) is 0 Å². The lowest BCUT2D eigenvalue weighted by Gasteiger charge is -2.00. The van der Waals surface area contributed by atoms with Gasteiger partial charge in [-0.3, -0.25) is 0 Å². The van der Waals surface area contributed by atoms with Gasteiger partial charge in [-0.2, -0.15) is 0 Å². The highest BCUT2D eigenvalue weighted by atomic mass is 15.0. The summed E-state index contributed by atoms with van der Waals surface area (Å²) in [5, 5.41) is 3.29. The maximum absolute atomic E-state index is 4.29. The Morgan fingerprint density at radius 3 is 2.80 bits per heavy atom. The van der Waals surface area contributed by atoms with E-state index in [0.29, 0.717) is 0 Å². The minimum atomic E-state index is 0.850. The van der Waals surface area contributed by atoms with E-state index in [1.54, 1.807) is 6.21 Å². The molecule has 0 atom stereocenters. The van der Waals surface area contributed by atoms with Gasteiger partial charge in [-0.15, -0.1) is 0 Å². The first-order chi connectivity index (χ1) is 7.24. The fourth-order valence-corrected chi connectivity index (χ4v) is 1.55. The molecule has 2 N–H and O–H groups in total. The van der Waals surface area contributed by atoms with E-state index >= 15 is 0 Å². The summed E-state index contributed by atoms with van der Waals surface area (Å²) in [4.78, 5) is 7.59. The summed E-state index contributed by atoms with van der Waals surface area (Å²) in [5.74, 6) is 0.901. The Labute approximate surface area is 91.3 Å². The molecule has 0 amide bonds. The fraction of sp³-hybridized carbons (Fsp3) is 0.417. The van der Waals surface area contributed by atoms with Crippen molar-refractivity contribution in [2.75, 3.05) is 6.54 Å². The van der Waals surface area contributed by atoms with Gasteiger partial charge in [0.05, 0.1) is 0 Å². The first-order valence-electron chi connectivity index (χ1n) is 5.27. The van der Waals surface area contributed by atoms with Gasteiger partial charge in [-0.25, -0.2) is 4.99 Å². The average molecular weight is 205 g/mol. The maximum atomic E-state index is 4.29. The van der Waals surface area contributed by atoms with E-state index in [9.17, 15) is 0 Å². The molecule has 0 bridgehead atoms. The SMILES string of the molecule is C=Cc1c(N=CC)[nH]c(CNCC)c1C. The molecule has 0 aromatic carbocycles. The number of nitrogens with zero attached hydrogens (tertiary/aromatic N) is 1. The van der Waals surface area contributed by atoms with Gasteiger partial charge in [-0.1, -0.05) is 19.6 Å². The van der Waals surface area contributed by atoms with Gasteiger partial charge >= 0.3 is 0 Å². The molecule has 1 aromatic rings. The van der Waals surface area contributed by atoms with Crippen LogP contribution < -0.4 is 5.32 Å². The van der Waals surface area contributed by atoms with Gasteiger partial charge in [-0.05, 0) is 26.0 Å². The zero-order valence-corrected chi connectivity index (χ0v) is 9.72. The first-order valence-corrected chi connectivity index (χ1v) is 5.27. The molecule has 1 rings (SSSR count). The molecule has 0 aliphatic carbocycles. The maximum Gasteiger partial charge on any atom is 0.137 e. The molecule has 82 valence electrons. The van der Waals surface area contributed by atoms with E-state index in [2.05, 4.69) is 35.7 Å². The summed E-state index contributed by atoms with van der Waals surface area (Å²) < 4.78 is 0. The van der Waals surface area contributed by atoms with Crippen molar-refractivity contribution in [3.8, 4) is 0 Å². The van der Waals surface area contributed by atoms with Crippen LogP contribution in [0.4, 0.5) is 5.82 Å². The lowest BCUT2D eigenvalue weighted by atomic mass is 10.1. The summed E-state index contributed by atoms with van der Waals surface area (Å²) >= 11 is 0. The third-order valence-electron chi connectivity index (χ3n) is 2.40. The second-order valence-electron chi connectivity index (χ2n) is 3.36. The van der Waals surface area contributed by atoms with E-state index in [1.807, 2.05) is 13.0 Å². The molecule has 0 aliphatic heterocycles. The highest BCUT2D eigenvalue weighted by Gasteiger charge is 2.09. The lowest BCUT2D eigenvalue weighted by molar-refractivity contribution is 0.711. The molecule has 3 heteroatoms. The number of aromatic amines is 1. The Kier molecular flexibility index (Phi) is 4.31. The molecule has 0 radical (unpaired) electrons. The molecule has 0 fully saturated rings. The molecule has 0 saturated carbocycles. The summed E-state index contributed by atoms with van der Waals surface area (Å²) in [6.45, 7) is 11.7. The van der Waals surface area contributed by atoms with E-state index in [-0.39, 0.29) is 0 Å². The monoisotopic (exact) mass is 205 g/mol. The van der Waals surface area contributed by atoms with Crippen LogP contribution in [0.25, 0.3) is 6.08 Å². The molecule has 0 aliphatic rings. The normalized spacial score (nSPS) is 11.1. The Balaban J connectivity index is 3.03. The molecule has 15 heavy (non-hydrogen) atoms. The van der Waals surface area contributed by atoms with Gasteiger partial charge < -0.3 is 10.3 Å². The highest BCUT2D eigenvalue weighted by molar-refractivity contribution is 5.70. The van der Waals surface area contributed by atoms with Crippen LogP contribution in [0.15, 0.2) is 11.6 Å². The van der Waals surface area contributed by atoms with Crippen molar-refractivity contribution in [3.05, 3.63) is 23.4 Å². The third kappa shape index (κ3) is 2.57. The van der Waals surface area contributed by atoms with Gasteiger partial charge in [0.2, 0.25) is 0 Å². The Morgan fingerprint density at radius 2 is 2.27 bits per heavy atom. The molecule has 0 spiro atoms. The molecule has 0 saturated heterocycles. The third-order valence-corrected chi connectivity index (χ3v) is 2.40. The lowest BCUT2D eigenvalue weighted by Crippen LogP contribution is -2.12. The van der Waals surface area contributed by atoms with Gasteiger partial charge in [0.15, 0.2) is 0 Å². The first kappa shape index (κ1) is 11.7. The summed E-state index contributed by atoms with van der Waals surface area (Å²) in [7, 11) is 0. The summed E-state index contributed by atoms with van der Waals surface area (Å²) in [6, 6.07) is 0. The van der Waals surface area contributed by atoms with E-state index in [1.165, 1.54) is 11.3 Å². The smallest absolute Gasteiger partial charge is 0.137 e. The Hall–Kier alpha value is -1.35. The van der Waals surface area contributed by atoms with Crippen LogP contribution in [0.3, 0.4) is 0 Å². The number of aliphatic imine (C=N–C) groups is 1. The van der Waals surface area contributed by atoms with Crippen LogP contribution in [0.5, 0.6) is 0 Å². The topological polar surface area (TPSA) is 40.2 Å². The van der Waals surface area contributed by atoms with Crippen molar-refractivity contribution in [1.29, 1.82) is 0 Å². The second kappa shape index (κ2) is 5.51. The number of hydrogen-bond donors (Lipinski definition) is 2. The molecule has 1 aromatic heterocycles. The van der Waals surface area contributed by atoms with E-state index < -0.39 is 0 Å². The Morgan fingerprint density at radius 1 is 1.53 bits per heavy atom. The van der Waals surface area contributed by atoms with Crippen LogP contribution in [-0.2, 0) is 6.54 Å². The number of H-pyrrole nitrogens is 1. The average Bonchev–Trinajstić information content (AvgIpc) is 2.52. The molecule has 3 nitrogen and oxygen atoms in total. The van der Waals surface area contributed by atoms with Gasteiger partial charge in [0, 0.05) is 24.0 Å². The zero-order valence-electron chi connectivity index (χ0n) is 9.72. The van der Waals surface area contributed by atoms with Crippen molar-refractivity contribution in [1.82, 2.24) is 10.3 Å². The van der Waals surface area contributed by atoms with Crippen LogP contribution >= 0.6 is 0 Å². The highest BCUT2D eigenvalue weighted by Crippen LogP contribution is 2.25. The van der Waals surface area contributed by atoms with Crippen molar-refractivity contribution >= 4 is 18.1 Å². The second-order valence-corrected chi connectivity index (χ2v) is 3.36. The number of rotatable bonds is 5. The standard InChI is InChI=1S/C12H19N3/c1-5-10-9(4)11(8-13-6-2)15-12(10)14-7-3/h5,7,13,15H,1,6,8H2,2-4H3. The summed E-state index contributed by atoms with van der Waals surface area (Å²) in [5.41, 5.74) is 3.51. The minimum absolute atomic E-state index is 0.850. The predicted octanol–water partition coefficient (Wildman–Crippen LogP) is 2.80. The number of aromatic nitrogens is 1. The van der Waals surface area contributed by atoms with Crippen molar-refractivity contribution in [2.45, 2.75) is 27.3 Å². The van der Waals surface area contributed by atoms with Crippen LogP contribution in [0.1, 0.15) is 30.7 Å². The Bertz CT molecular complexity index is 361. The molecule has 0 unspecified atom stereocenters. The van der Waals surface area contributed by atoms with Gasteiger partial charge in [0.25, 0.3) is 0 Å². The molecule has 1 heterocycles. The van der Waals surface area contributed by atoms with Crippen LogP contribution in [-0.4, -0.2) is 17.7 Å². The fourth-order valence-electron chi connectivity index (χ4n) is 1.55.